The van der Waals surface area contributed by atoms with Gasteiger partial charge in [0.05, 0.1) is 32.5 Å². The van der Waals surface area contributed by atoms with Gasteiger partial charge in [-0.15, -0.1) is 0 Å². The lowest BCUT2D eigenvalue weighted by atomic mass is 9.70. The molecule has 0 radical (unpaired) electrons. The van der Waals surface area contributed by atoms with Crippen molar-refractivity contribution in [1.29, 1.82) is 0 Å². The van der Waals surface area contributed by atoms with E-state index < -0.39 is 49.1 Å². The second-order valence-electron chi connectivity index (χ2n) is 12.5. The average Bonchev–Trinajstić information content (AvgIpc) is 3.46. The number of hydrogen-bond donors (Lipinski definition) is 0. The van der Waals surface area contributed by atoms with E-state index in [1.165, 1.54) is 19.1 Å². The van der Waals surface area contributed by atoms with Gasteiger partial charge in [-0.05, 0) is 52.9 Å². The summed E-state index contributed by atoms with van der Waals surface area (Å²) in [6, 6.07) is 12.8. The minimum Gasteiger partial charge on any atom is -0.497 e. The van der Waals surface area contributed by atoms with E-state index in [-0.39, 0.29) is 40.6 Å². The molecule has 2 aromatic rings. The van der Waals surface area contributed by atoms with Crippen LogP contribution in [0.3, 0.4) is 0 Å². The summed E-state index contributed by atoms with van der Waals surface area (Å²) in [7, 11) is 1.12. The first-order valence-electron chi connectivity index (χ1n) is 14.8. The van der Waals surface area contributed by atoms with E-state index in [1.807, 2.05) is 0 Å². The van der Waals surface area contributed by atoms with Crippen molar-refractivity contribution in [2.75, 3.05) is 21.3 Å². The molecule has 4 rings (SSSR count). The Bertz CT molecular complexity index is 1330. The lowest BCUT2D eigenvalue weighted by Gasteiger charge is -2.52. The van der Waals surface area contributed by atoms with E-state index in [4.69, 9.17) is 18.6 Å². The summed E-state index contributed by atoms with van der Waals surface area (Å²) in [5.41, 5.74) is -2.31. The number of carbonyl (C=O) groups is 4. The molecule has 2 amide bonds. The Morgan fingerprint density at radius 2 is 1.23 bits per heavy atom. The molecule has 232 valence electrons. The summed E-state index contributed by atoms with van der Waals surface area (Å²) < 4.78 is 23.8. The van der Waals surface area contributed by atoms with Crippen LogP contribution in [0.25, 0.3) is 0 Å². The molecule has 0 unspecified atom stereocenters. The highest BCUT2D eigenvalue weighted by Gasteiger charge is 2.74. The number of rotatable bonds is 10. The highest BCUT2D eigenvalue weighted by Crippen LogP contribution is 2.62. The predicted octanol–water partition coefficient (Wildman–Crippen LogP) is 5.87. The normalized spacial score (nSPS) is 21.5. The van der Waals surface area contributed by atoms with Crippen LogP contribution in [0.4, 0.5) is 0 Å². The molecule has 2 aliphatic rings. The van der Waals surface area contributed by atoms with E-state index in [0.717, 1.165) is 0 Å². The van der Waals surface area contributed by atoms with Crippen molar-refractivity contribution in [3.05, 3.63) is 65.2 Å². The first-order chi connectivity index (χ1) is 20.3. The minimum absolute atomic E-state index is 0.00406. The summed E-state index contributed by atoms with van der Waals surface area (Å²) in [6.07, 6.45) is -0.224. The van der Waals surface area contributed by atoms with Gasteiger partial charge in [-0.3, -0.25) is 24.1 Å². The maximum absolute atomic E-state index is 14.2. The number of ether oxygens (including phenoxy) is 3. The molecule has 2 aromatic carbocycles. The van der Waals surface area contributed by atoms with Crippen molar-refractivity contribution in [3.8, 4) is 5.75 Å². The maximum Gasteiger partial charge on any atom is 0.326 e. The zero-order chi connectivity index (χ0) is 31.9. The number of methoxy groups -OCH3 is 3. The van der Waals surface area contributed by atoms with Crippen LogP contribution < -0.4 is 4.74 Å². The highest BCUT2D eigenvalue weighted by atomic mass is 28.4. The maximum atomic E-state index is 14.2. The zero-order valence-corrected chi connectivity index (χ0v) is 27.6. The molecule has 43 heavy (non-hydrogen) atoms. The number of carbonyl (C=O) groups excluding carboxylic acids is 4. The van der Waals surface area contributed by atoms with Crippen LogP contribution in [0.2, 0.25) is 16.6 Å². The van der Waals surface area contributed by atoms with Crippen molar-refractivity contribution < 1.29 is 37.8 Å². The number of amides is 2. The fraction of sp³-hybridized carbons (Fsp3) is 0.515. The molecule has 1 heterocycles. The molecule has 10 heteroatoms. The van der Waals surface area contributed by atoms with E-state index in [9.17, 15) is 19.2 Å². The summed E-state index contributed by atoms with van der Waals surface area (Å²) >= 11 is 0. The van der Waals surface area contributed by atoms with Crippen molar-refractivity contribution in [2.24, 2.45) is 5.41 Å². The van der Waals surface area contributed by atoms with Gasteiger partial charge in [0.15, 0.2) is 5.41 Å². The van der Waals surface area contributed by atoms with Crippen LogP contribution in [0.5, 0.6) is 5.75 Å². The average molecular weight is 610 g/mol. The minimum atomic E-state index is -2.88. The van der Waals surface area contributed by atoms with Crippen molar-refractivity contribution in [2.45, 2.75) is 82.7 Å². The van der Waals surface area contributed by atoms with Gasteiger partial charge in [0.25, 0.3) is 11.8 Å². The van der Waals surface area contributed by atoms with Crippen LogP contribution in [-0.4, -0.2) is 64.3 Å². The largest absolute Gasteiger partial charge is 0.497 e. The number of imide groups is 1. The van der Waals surface area contributed by atoms with Crippen LogP contribution in [0.1, 0.15) is 80.7 Å². The molecule has 1 aliphatic heterocycles. The summed E-state index contributed by atoms with van der Waals surface area (Å²) in [6.45, 7) is 12.7. The third kappa shape index (κ3) is 4.70. The smallest absolute Gasteiger partial charge is 0.326 e. The number of esters is 2. The fourth-order valence-electron chi connectivity index (χ4n) is 7.81. The molecule has 1 saturated carbocycles. The second kappa shape index (κ2) is 11.9. The molecule has 0 N–H and O–H groups in total. The Morgan fingerprint density at radius 1 is 0.767 bits per heavy atom. The fourth-order valence-corrected chi connectivity index (χ4v) is 13.5. The topological polar surface area (TPSA) is 108 Å². The third-order valence-electron chi connectivity index (χ3n) is 9.63. The molecular weight excluding hydrogens is 566 g/mol. The van der Waals surface area contributed by atoms with Gasteiger partial charge in [0, 0.05) is 12.5 Å². The molecule has 2 atom stereocenters. The van der Waals surface area contributed by atoms with Crippen molar-refractivity contribution in [1.82, 2.24) is 4.90 Å². The van der Waals surface area contributed by atoms with Gasteiger partial charge < -0.3 is 18.6 Å². The van der Waals surface area contributed by atoms with Crippen LogP contribution in [-0.2, 0) is 29.1 Å². The molecule has 0 aromatic heterocycles. The summed E-state index contributed by atoms with van der Waals surface area (Å²) in [5.74, 6) is -2.04. The van der Waals surface area contributed by atoms with E-state index in [1.54, 1.807) is 55.6 Å². The molecular formula is C33H43NO8Si. The zero-order valence-electron chi connectivity index (χ0n) is 26.6. The molecule has 0 bridgehead atoms. The van der Waals surface area contributed by atoms with Crippen molar-refractivity contribution in [3.63, 3.8) is 0 Å². The molecule has 0 saturated heterocycles. The van der Waals surface area contributed by atoms with E-state index in [0.29, 0.717) is 11.3 Å². The number of nitrogens with zero attached hydrogens (tertiary/aromatic N) is 1. The first-order valence-corrected chi connectivity index (χ1v) is 16.9. The Hall–Kier alpha value is -3.50. The summed E-state index contributed by atoms with van der Waals surface area (Å²) in [5, 5.41) is 0. The summed E-state index contributed by atoms with van der Waals surface area (Å²) in [4.78, 5) is 57.1. The SMILES string of the molecule is COC(=O)C1(C(=O)OC)C[C@H](N2C(=O)c3ccccc3C2=O)C[C@]1(O[Si](C(C)C)(C(C)C)C(C)C)c1ccc(OC)cc1. The Balaban J connectivity index is 2.07. The molecule has 9 nitrogen and oxygen atoms in total. The molecule has 1 aliphatic carbocycles. The number of hydrogen-bond acceptors (Lipinski definition) is 8. The van der Waals surface area contributed by atoms with Gasteiger partial charge in [-0.25, -0.2) is 0 Å². The first kappa shape index (κ1) is 32.4. The second-order valence-corrected chi connectivity index (χ2v) is 17.8. The lowest BCUT2D eigenvalue weighted by molar-refractivity contribution is -0.186. The highest BCUT2D eigenvalue weighted by molar-refractivity contribution is 6.77. The van der Waals surface area contributed by atoms with Gasteiger partial charge in [-0.2, -0.15) is 0 Å². The van der Waals surface area contributed by atoms with Crippen LogP contribution >= 0.6 is 0 Å². The van der Waals surface area contributed by atoms with Gasteiger partial charge in [0.2, 0.25) is 8.32 Å². The van der Waals surface area contributed by atoms with Gasteiger partial charge in [0.1, 0.15) is 11.4 Å². The quantitative estimate of drug-likeness (QED) is 0.142. The number of fused-ring (bicyclic) bond motifs is 1. The Labute approximate surface area is 255 Å². The van der Waals surface area contributed by atoms with Crippen LogP contribution in [0, 0.1) is 5.41 Å². The predicted molar refractivity (Wildman–Crippen MR) is 163 cm³/mol. The number of benzene rings is 2. The molecule has 1 fully saturated rings. The van der Waals surface area contributed by atoms with E-state index in [2.05, 4.69) is 41.5 Å². The lowest BCUT2D eigenvalue weighted by Crippen LogP contribution is -2.62. The van der Waals surface area contributed by atoms with Gasteiger partial charge >= 0.3 is 11.9 Å². The third-order valence-corrected chi connectivity index (χ3v) is 15.7. The van der Waals surface area contributed by atoms with Crippen molar-refractivity contribution >= 4 is 32.1 Å². The Morgan fingerprint density at radius 3 is 1.63 bits per heavy atom. The standard InChI is InChI=1S/C33H43NO8Si/c1-20(2)43(21(3)4,22(5)6)42-33(23-14-16-25(39-7)17-15-23)19-24(18-32(33,30(37)40-8)31(38)41-9)34-28(35)26-12-10-11-13-27(26)29(34)36/h10-17,20-22,24H,18-19H2,1-9H3/t24-,33-/m0/s1. The Kier molecular flexibility index (Phi) is 8.96. The van der Waals surface area contributed by atoms with Gasteiger partial charge in [-0.1, -0.05) is 65.8 Å². The monoisotopic (exact) mass is 609 g/mol. The van der Waals surface area contributed by atoms with Crippen LogP contribution in [0.15, 0.2) is 48.5 Å². The van der Waals surface area contributed by atoms with E-state index >= 15 is 0 Å². The molecule has 0 spiro atoms.